The summed E-state index contributed by atoms with van der Waals surface area (Å²) >= 11 is 0. The van der Waals surface area contributed by atoms with Crippen LogP contribution < -0.4 is 16.0 Å². The number of hydrogen-bond donors (Lipinski definition) is 3. The summed E-state index contributed by atoms with van der Waals surface area (Å²) in [6.07, 6.45) is 1.15. The minimum absolute atomic E-state index is 0.153. The van der Waals surface area contributed by atoms with Crippen LogP contribution in [0.2, 0.25) is 0 Å². The second kappa shape index (κ2) is 12.2. The molecule has 0 fully saturated rings. The average molecular weight is 397 g/mol. The van der Waals surface area contributed by atoms with E-state index in [2.05, 4.69) is 22.5 Å². The van der Waals surface area contributed by atoms with Gasteiger partial charge in [-0.25, -0.2) is 4.79 Å². The van der Waals surface area contributed by atoms with E-state index in [9.17, 15) is 19.2 Å². The molecule has 28 heavy (non-hydrogen) atoms. The summed E-state index contributed by atoms with van der Waals surface area (Å²) in [6.45, 7) is 13.3. The summed E-state index contributed by atoms with van der Waals surface area (Å²) in [6, 6.07) is -2.26. The zero-order chi connectivity index (χ0) is 22.0. The van der Waals surface area contributed by atoms with E-state index in [-0.39, 0.29) is 24.2 Å². The summed E-state index contributed by atoms with van der Waals surface area (Å²) in [5, 5.41) is 7.22. The lowest BCUT2D eigenvalue weighted by atomic mass is 10.0. The normalized spacial score (nSPS) is 12.9. The lowest BCUT2D eigenvalue weighted by Gasteiger charge is -2.30. The van der Waals surface area contributed by atoms with Gasteiger partial charge >= 0.3 is 6.03 Å². The Hall–Kier alpha value is -2.38. The number of nitrogens with one attached hydrogen (secondary N) is 3. The molecule has 160 valence electrons. The fourth-order valence-corrected chi connectivity index (χ4v) is 2.56. The van der Waals surface area contributed by atoms with E-state index in [0.717, 1.165) is 5.57 Å². The molecule has 8 heteroatoms. The van der Waals surface area contributed by atoms with Crippen LogP contribution >= 0.6 is 0 Å². The van der Waals surface area contributed by atoms with Gasteiger partial charge in [-0.15, -0.1) is 0 Å². The third-order valence-electron chi connectivity index (χ3n) is 4.52. The van der Waals surface area contributed by atoms with Gasteiger partial charge in [0.2, 0.25) is 17.7 Å². The number of amides is 5. The Labute approximate surface area is 168 Å². The van der Waals surface area contributed by atoms with Crippen molar-refractivity contribution < 1.29 is 19.2 Å². The highest BCUT2D eigenvalue weighted by molar-refractivity contribution is 5.97. The number of nitrogens with zero attached hydrogens (tertiary/aromatic N) is 1. The van der Waals surface area contributed by atoms with Crippen LogP contribution in [0.1, 0.15) is 53.9 Å². The van der Waals surface area contributed by atoms with Crippen LogP contribution in [0.15, 0.2) is 12.2 Å². The minimum Gasteiger partial charge on any atom is -0.357 e. The van der Waals surface area contributed by atoms with E-state index in [1.54, 1.807) is 0 Å². The van der Waals surface area contributed by atoms with Gasteiger partial charge in [0.1, 0.15) is 12.1 Å². The number of carbonyl (C=O) groups is 4. The molecule has 0 bridgehead atoms. The SMILES string of the molecule is C=C(CCC(=O)NC(=O)N[C@H](C)C(=O)N(C)[C@@H](CC(C)C)C(=O)NC)C(C)C. The van der Waals surface area contributed by atoms with Crippen molar-refractivity contribution in [3.63, 3.8) is 0 Å². The molecule has 0 unspecified atom stereocenters. The third-order valence-corrected chi connectivity index (χ3v) is 4.52. The Bertz CT molecular complexity index is 587. The van der Waals surface area contributed by atoms with Gasteiger partial charge in [0.05, 0.1) is 0 Å². The summed E-state index contributed by atoms with van der Waals surface area (Å²) in [5.74, 6) is -0.626. The molecule has 0 spiro atoms. The van der Waals surface area contributed by atoms with E-state index in [1.807, 2.05) is 27.7 Å². The molecule has 8 nitrogen and oxygen atoms in total. The number of hydrogen-bond acceptors (Lipinski definition) is 4. The molecule has 5 amide bonds. The lowest BCUT2D eigenvalue weighted by molar-refractivity contribution is -0.140. The Morgan fingerprint density at radius 1 is 1.00 bits per heavy atom. The summed E-state index contributed by atoms with van der Waals surface area (Å²) < 4.78 is 0. The van der Waals surface area contributed by atoms with Crippen LogP contribution in [0.3, 0.4) is 0 Å². The largest absolute Gasteiger partial charge is 0.357 e. The molecule has 0 saturated carbocycles. The molecule has 0 aromatic carbocycles. The maximum absolute atomic E-state index is 12.6. The van der Waals surface area contributed by atoms with Crippen LogP contribution in [0.25, 0.3) is 0 Å². The summed E-state index contributed by atoms with van der Waals surface area (Å²) in [7, 11) is 3.05. The van der Waals surface area contributed by atoms with Gasteiger partial charge in [-0.3, -0.25) is 19.7 Å². The number of carbonyl (C=O) groups excluding carboxylic acids is 4. The lowest BCUT2D eigenvalue weighted by Crippen LogP contribution is -2.55. The first-order valence-electron chi connectivity index (χ1n) is 9.66. The number of urea groups is 1. The van der Waals surface area contributed by atoms with Crippen LogP contribution in [0, 0.1) is 11.8 Å². The number of rotatable bonds is 10. The van der Waals surface area contributed by atoms with Gasteiger partial charge in [0, 0.05) is 20.5 Å². The number of allylic oxidation sites excluding steroid dienone is 1. The van der Waals surface area contributed by atoms with Crippen molar-refractivity contribution in [2.24, 2.45) is 11.8 Å². The van der Waals surface area contributed by atoms with Crippen LogP contribution in [-0.4, -0.2) is 54.8 Å². The molecular weight excluding hydrogens is 360 g/mol. The van der Waals surface area contributed by atoms with Crippen molar-refractivity contribution in [3.8, 4) is 0 Å². The maximum atomic E-state index is 12.6. The topological polar surface area (TPSA) is 108 Å². The molecule has 0 aliphatic heterocycles. The molecule has 0 saturated heterocycles. The van der Waals surface area contributed by atoms with Gasteiger partial charge in [-0.2, -0.15) is 0 Å². The van der Waals surface area contributed by atoms with Crippen molar-refractivity contribution in [1.82, 2.24) is 20.9 Å². The molecular formula is C20H36N4O4. The maximum Gasteiger partial charge on any atom is 0.322 e. The van der Waals surface area contributed by atoms with Crippen LogP contribution in [0.5, 0.6) is 0 Å². The predicted octanol–water partition coefficient (Wildman–Crippen LogP) is 1.81. The first-order chi connectivity index (χ1) is 12.9. The van der Waals surface area contributed by atoms with E-state index < -0.39 is 29.9 Å². The summed E-state index contributed by atoms with van der Waals surface area (Å²) in [4.78, 5) is 49.9. The van der Waals surface area contributed by atoms with Crippen molar-refractivity contribution in [2.45, 2.75) is 66.0 Å². The van der Waals surface area contributed by atoms with E-state index in [4.69, 9.17) is 0 Å². The van der Waals surface area contributed by atoms with Crippen LogP contribution in [-0.2, 0) is 14.4 Å². The van der Waals surface area contributed by atoms with E-state index in [1.165, 1.54) is 25.9 Å². The molecule has 0 aliphatic carbocycles. The zero-order valence-electron chi connectivity index (χ0n) is 18.2. The quantitative estimate of drug-likeness (QED) is 0.490. The highest BCUT2D eigenvalue weighted by atomic mass is 16.2. The van der Waals surface area contributed by atoms with E-state index >= 15 is 0 Å². The molecule has 0 rings (SSSR count). The number of likely N-dealkylation sites (N-methyl/N-ethyl adjacent to an activating group) is 2. The van der Waals surface area contributed by atoms with Crippen molar-refractivity contribution >= 4 is 23.8 Å². The Balaban J connectivity index is 4.73. The molecule has 0 aromatic rings. The van der Waals surface area contributed by atoms with E-state index in [0.29, 0.717) is 12.8 Å². The minimum atomic E-state index is -0.886. The molecule has 3 N–H and O–H groups in total. The molecule has 2 atom stereocenters. The molecule has 0 radical (unpaired) electrons. The third kappa shape index (κ3) is 9.01. The van der Waals surface area contributed by atoms with Crippen molar-refractivity contribution in [2.75, 3.05) is 14.1 Å². The number of imide groups is 1. The fourth-order valence-electron chi connectivity index (χ4n) is 2.56. The van der Waals surface area contributed by atoms with Gasteiger partial charge in [-0.1, -0.05) is 39.8 Å². The first-order valence-corrected chi connectivity index (χ1v) is 9.66. The Kier molecular flexibility index (Phi) is 11.1. The highest BCUT2D eigenvalue weighted by Gasteiger charge is 2.30. The second-order valence-electron chi connectivity index (χ2n) is 7.77. The van der Waals surface area contributed by atoms with Crippen molar-refractivity contribution in [3.05, 3.63) is 12.2 Å². The first kappa shape index (κ1) is 25.6. The van der Waals surface area contributed by atoms with Crippen molar-refractivity contribution in [1.29, 1.82) is 0 Å². The molecule has 0 aromatic heterocycles. The molecule has 0 heterocycles. The van der Waals surface area contributed by atoms with Gasteiger partial charge in [-0.05, 0) is 31.6 Å². The van der Waals surface area contributed by atoms with Gasteiger partial charge < -0.3 is 15.5 Å². The van der Waals surface area contributed by atoms with Crippen LogP contribution in [0.4, 0.5) is 4.79 Å². The Morgan fingerprint density at radius 2 is 1.57 bits per heavy atom. The fraction of sp³-hybridized carbons (Fsp3) is 0.700. The van der Waals surface area contributed by atoms with Gasteiger partial charge in [0.25, 0.3) is 0 Å². The standard InChI is InChI=1S/C20H36N4O4/c1-12(2)11-16(18(26)21-7)24(8)19(27)15(6)22-20(28)23-17(25)10-9-14(5)13(3)4/h12-13,15-16H,5,9-11H2,1-4,6-8H3,(H,21,26)(H2,22,23,25,28)/t15-,16+/m1/s1. The Morgan fingerprint density at radius 3 is 2.04 bits per heavy atom. The van der Waals surface area contributed by atoms with Gasteiger partial charge in [0.15, 0.2) is 0 Å². The zero-order valence-corrected chi connectivity index (χ0v) is 18.2. The monoisotopic (exact) mass is 396 g/mol. The molecule has 0 aliphatic rings. The summed E-state index contributed by atoms with van der Waals surface area (Å²) in [5.41, 5.74) is 0.936. The smallest absolute Gasteiger partial charge is 0.322 e. The second-order valence-corrected chi connectivity index (χ2v) is 7.77. The average Bonchev–Trinajstić information content (AvgIpc) is 2.61. The highest BCUT2D eigenvalue weighted by Crippen LogP contribution is 2.13. The predicted molar refractivity (Wildman–Crippen MR) is 109 cm³/mol.